The van der Waals surface area contributed by atoms with E-state index in [2.05, 4.69) is 4.98 Å². The summed E-state index contributed by atoms with van der Waals surface area (Å²) in [6.45, 7) is 4.08. The highest BCUT2D eigenvalue weighted by Crippen LogP contribution is 2.30. The predicted molar refractivity (Wildman–Crippen MR) is 108 cm³/mol. The highest BCUT2D eigenvalue weighted by Gasteiger charge is 2.32. The number of alkyl halides is 3. The Labute approximate surface area is 174 Å². The molecule has 0 spiro atoms. The molecule has 1 saturated heterocycles. The molecule has 162 valence electrons. The average molecular weight is 421 g/mol. The quantitative estimate of drug-likeness (QED) is 0.703. The molecule has 1 amide bonds. The first-order chi connectivity index (χ1) is 14.2. The summed E-state index contributed by atoms with van der Waals surface area (Å²) in [7, 11) is 1.77. The van der Waals surface area contributed by atoms with Gasteiger partial charge in [-0.1, -0.05) is 12.1 Å². The number of halogens is 3. The van der Waals surface area contributed by atoms with Crippen molar-refractivity contribution in [3.8, 4) is 5.75 Å². The number of aryl methyl sites for hydroxylation is 1. The van der Waals surface area contributed by atoms with E-state index in [4.69, 9.17) is 4.74 Å². The normalized spacial score (nSPS) is 15.2. The van der Waals surface area contributed by atoms with Crippen molar-refractivity contribution in [1.82, 2.24) is 9.88 Å². The van der Waals surface area contributed by atoms with E-state index in [-0.39, 0.29) is 11.8 Å². The second-order valence-electron chi connectivity index (χ2n) is 7.59. The van der Waals surface area contributed by atoms with Gasteiger partial charge < -0.3 is 14.5 Å². The molecule has 30 heavy (non-hydrogen) atoms. The Balaban J connectivity index is 1.45. The van der Waals surface area contributed by atoms with Gasteiger partial charge in [-0.3, -0.25) is 4.79 Å². The van der Waals surface area contributed by atoms with E-state index < -0.39 is 11.7 Å². The van der Waals surface area contributed by atoms with Crippen molar-refractivity contribution in [3.63, 3.8) is 0 Å². The lowest BCUT2D eigenvalue weighted by Gasteiger charge is -2.34. The third-order valence-electron chi connectivity index (χ3n) is 5.30. The summed E-state index contributed by atoms with van der Waals surface area (Å²) < 4.78 is 43.7. The first-order valence-electron chi connectivity index (χ1n) is 9.96. The van der Waals surface area contributed by atoms with Crippen LogP contribution in [0.15, 0.2) is 42.6 Å². The number of aromatic nitrogens is 1. The molecule has 1 aliphatic rings. The number of benzene rings is 1. The van der Waals surface area contributed by atoms with E-state index in [1.807, 2.05) is 36.1 Å². The van der Waals surface area contributed by atoms with Crippen LogP contribution in [0.25, 0.3) is 0 Å². The van der Waals surface area contributed by atoms with Crippen molar-refractivity contribution < 1.29 is 22.7 Å². The molecule has 1 aliphatic heterocycles. The van der Waals surface area contributed by atoms with Crippen molar-refractivity contribution in [1.29, 1.82) is 0 Å². The van der Waals surface area contributed by atoms with E-state index in [9.17, 15) is 18.0 Å². The number of pyridine rings is 1. The second-order valence-corrected chi connectivity index (χ2v) is 7.59. The van der Waals surface area contributed by atoms with E-state index in [0.29, 0.717) is 44.9 Å². The maximum absolute atomic E-state index is 12.7. The fraction of sp³-hybridized carbons (Fsp3) is 0.455. The van der Waals surface area contributed by atoms with Crippen molar-refractivity contribution in [2.75, 3.05) is 38.2 Å². The van der Waals surface area contributed by atoms with Gasteiger partial charge in [-0.25, -0.2) is 4.98 Å². The molecule has 0 aliphatic carbocycles. The average Bonchev–Trinajstić information content (AvgIpc) is 2.73. The molecule has 2 aromatic rings. The molecule has 0 unspecified atom stereocenters. The fourth-order valence-electron chi connectivity index (χ4n) is 3.52. The number of anilines is 1. The Morgan fingerprint density at radius 2 is 1.97 bits per heavy atom. The van der Waals surface area contributed by atoms with Crippen molar-refractivity contribution in [2.24, 2.45) is 5.92 Å². The lowest BCUT2D eigenvalue weighted by molar-refractivity contribution is -0.138. The SMILES string of the molecule is Cc1cccc(OCCN(C)C(=O)C2CCN(c3ccc(C(F)(F)F)cn3)CC2)c1. The van der Waals surface area contributed by atoms with Gasteiger partial charge in [0.1, 0.15) is 18.2 Å². The largest absolute Gasteiger partial charge is 0.492 e. The van der Waals surface area contributed by atoms with E-state index in [0.717, 1.165) is 23.6 Å². The second kappa shape index (κ2) is 9.36. The summed E-state index contributed by atoms with van der Waals surface area (Å²) >= 11 is 0. The summed E-state index contributed by atoms with van der Waals surface area (Å²) in [5.74, 6) is 1.27. The Bertz CT molecular complexity index is 847. The molecule has 8 heteroatoms. The van der Waals surface area contributed by atoms with E-state index in [1.165, 1.54) is 6.07 Å². The Morgan fingerprint density at radius 3 is 2.57 bits per heavy atom. The van der Waals surface area contributed by atoms with Crippen LogP contribution in [-0.4, -0.2) is 49.1 Å². The van der Waals surface area contributed by atoms with Crippen LogP contribution in [0.5, 0.6) is 5.75 Å². The zero-order valence-electron chi connectivity index (χ0n) is 17.2. The molecule has 1 aromatic carbocycles. The number of likely N-dealkylation sites (N-methyl/N-ethyl adjacent to an activating group) is 1. The molecular weight excluding hydrogens is 395 g/mol. The van der Waals surface area contributed by atoms with Crippen molar-refractivity contribution >= 4 is 11.7 Å². The number of carbonyl (C=O) groups excluding carboxylic acids is 1. The number of piperidine rings is 1. The van der Waals surface area contributed by atoms with Gasteiger partial charge in [0.15, 0.2) is 0 Å². The van der Waals surface area contributed by atoms with Gasteiger partial charge >= 0.3 is 6.18 Å². The van der Waals surface area contributed by atoms with Crippen LogP contribution in [-0.2, 0) is 11.0 Å². The monoisotopic (exact) mass is 421 g/mol. The van der Waals surface area contributed by atoms with Crippen LogP contribution >= 0.6 is 0 Å². The minimum absolute atomic E-state index is 0.0721. The number of carbonyl (C=O) groups is 1. The fourth-order valence-corrected chi connectivity index (χ4v) is 3.52. The highest BCUT2D eigenvalue weighted by atomic mass is 19.4. The highest BCUT2D eigenvalue weighted by molar-refractivity contribution is 5.78. The van der Waals surface area contributed by atoms with Gasteiger partial charge in [-0.05, 0) is 49.6 Å². The van der Waals surface area contributed by atoms with Gasteiger partial charge in [-0.15, -0.1) is 0 Å². The standard InChI is InChI=1S/C22H26F3N3O2/c1-16-4-3-5-19(14-16)30-13-12-27(2)21(29)17-8-10-28(11-9-17)20-7-6-18(15-26-20)22(23,24)25/h3-7,14-15,17H,8-13H2,1-2H3. The molecule has 1 fully saturated rings. The lowest BCUT2D eigenvalue weighted by Crippen LogP contribution is -2.42. The van der Waals surface area contributed by atoms with Crippen LogP contribution < -0.4 is 9.64 Å². The Kier molecular flexibility index (Phi) is 6.84. The third kappa shape index (κ3) is 5.64. The van der Waals surface area contributed by atoms with Crippen LogP contribution in [0, 0.1) is 12.8 Å². The van der Waals surface area contributed by atoms with Crippen LogP contribution in [0.4, 0.5) is 19.0 Å². The number of hydrogen-bond acceptors (Lipinski definition) is 4. The van der Waals surface area contributed by atoms with E-state index >= 15 is 0 Å². The predicted octanol–water partition coefficient (Wildman–Crippen LogP) is 4.16. The van der Waals surface area contributed by atoms with Crippen molar-refractivity contribution in [2.45, 2.75) is 25.9 Å². The van der Waals surface area contributed by atoms with Gasteiger partial charge in [-0.2, -0.15) is 13.2 Å². The summed E-state index contributed by atoms with van der Waals surface area (Å²) in [5, 5.41) is 0. The Morgan fingerprint density at radius 1 is 1.23 bits per heavy atom. The number of hydrogen-bond donors (Lipinski definition) is 0. The third-order valence-corrected chi connectivity index (χ3v) is 5.30. The molecule has 3 rings (SSSR count). The summed E-state index contributed by atoms with van der Waals surface area (Å²) in [6.07, 6.45) is -2.25. The molecule has 0 atom stereocenters. The minimum Gasteiger partial charge on any atom is -0.492 e. The molecule has 2 heterocycles. The van der Waals surface area contributed by atoms with Gasteiger partial charge in [0, 0.05) is 32.3 Å². The van der Waals surface area contributed by atoms with Gasteiger partial charge in [0.25, 0.3) is 0 Å². The number of ether oxygens (including phenoxy) is 1. The topological polar surface area (TPSA) is 45.7 Å². The van der Waals surface area contributed by atoms with Crippen LogP contribution in [0.2, 0.25) is 0 Å². The van der Waals surface area contributed by atoms with E-state index in [1.54, 1.807) is 11.9 Å². The number of amides is 1. The maximum Gasteiger partial charge on any atom is 0.417 e. The molecule has 5 nitrogen and oxygen atoms in total. The zero-order valence-corrected chi connectivity index (χ0v) is 17.2. The van der Waals surface area contributed by atoms with Crippen molar-refractivity contribution in [3.05, 3.63) is 53.7 Å². The van der Waals surface area contributed by atoms with Gasteiger partial charge in [0.05, 0.1) is 12.1 Å². The number of nitrogens with zero attached hydrogens (tertiary/aromatic N) is 3. The molecule has 0 radical (unpaired) electrons. The summed E-state index contributed by atoms with van der Waals surface area (Å²) in [6, 6.07) is 10.2. The zero-order chi connectivity index (χ0) is 21.7. The summed E-state index contributed by atoms with van der Waals surface area (Å²) in [4.78, 5) is 20.3. The number of rotatable bonds is 6. The molecular formula is C22H26F3N3O2. The first-order valence-corrected chi connectivity index (χ1v) is 9.96. The smallest absolute Gasteiger partial charge is 0.417 e. The van der Waals surface area contributed by atoms with Crippen LogP contribution in [0.1, 0.15) is 24.0 Å². The lowest BCUT2D eigenvalue weighted by atomic mass is 9.95. The molecule has 0 saturated carbocycles. The molecule has 0 N–H and O–H groups in total. The summed E-state index contributed by atoms with van der Waals surface area (Å²) in [5.41, 5.74) is 0.358. The minimum atomic E-state index is -4.39. The molecule has 1 aromatic heterocycles. The van der Waals surface area contributed by atoms with Gasteiger partial charge in [0.2, 0.25) is 5.91 Å². The first kappa shape index (κ1) is 21.9. The van der Waals surface area contributed by atoms with Crippen LogP contribution in [0.3, 0.4) is 0 Å². The Hall–Kier alpha value is -2.77. The maximum atomic E-state index is 12.7. The molecule has 0 bridgehead atoms.